The molecule has 0 aliphatic heterocycles. The molecular formula is C57H36N4O. The average molecular weight is 798 g/mol. The normalized spacial score (nSPS) is 12.7. The molecule has 0 N–H and O–H groups in total. The predicted octanol–water partition coefficient (Wildman–Crippen LogP) is 14.9. The monoisotopic (exact) mass is 797 g/mol. The zero-order valence-corrected chi connectivity index (χ0v) is 33.1. The zero-order valence-electron chi connectivity index (χ0n) is 38.1. The third kappa shape index (κ3) is 6.06. The van der Waals surface area contributed by atoms with Crippen molar-refractivity contribution < 1.29 is 11.3 Å². The molecule has 12 aromatic rings. The van der Waals surface area contributed by atoms with Crippen molar-refractivity contribution >= 4 is 43.7 Å². The van der Waals surface area contributed by atoms with E-state index in [-0.39, 0.29) is 23.0 Å². The predicted molar refractivity (Wildman–Crippen MR) is 254 cm³/mol. The maximum atomic E-state index is 9.01. The van der Waals surface area contributed by atoms with Crippen LogP contribution < -0.4 is 0 Å². The Morgan fingerprint density at radius 3 is 1.65 bits per heavy atom. The van der Waals surface area contributed by atoms with Crippen LogP contribution in [0.4, 0.5) is 0 Å². The van der Waals surface area contributed by atoms with Gasteiger partial charge in [-0.1, -0.05) is 182 Å². The molecule has 0 saturated carbocycles. The molecular weight excluding hydrogens is 757 g/mol. The molecule has 0 aliphatic rings. The van der Waals surface area contributed by atoms with E-state index < -0.39 is 30.2 Å². The van der Waals surface area contributed by atoms with Crippen LogP contribution in [0.2, 0.25) is 0 Å². The topological polar surface area (TPSA) is 56.7 Å². The van der Waals surface area contributed by atoms with Crippen LogP contribution >= 0.6 is 0 Å². The summed E-state index contributed by atoms with van der Waals surface area (Å²) in [5, 5.41) is 3.92. The van der Waals surface area contributed by atoms with Gasteiger partial charge in [0.1, 0.15) is 11.2 Å². The summed E-state index contributed by atoms with van der Waals surface area (Å²) in [5.74, 6) is 0.406. The number of hydrogen-bond acceptors (Lipinski definition) is 4. The Morgan fingerprint density at radius 2 is 0.935 bits per heavy atom. The molecule has 0 fully saturated rings. The third-order valence-electron chi connectivity index (χ3n) is 11.6. The average Bonchev–Trinajstić information content (AvgIpc) is 3.94. The first kappa shape index (κ1) is 30.6. The second-order valence-electron chi connectivity index (χ2n) is 15.2. The van der Waals surface area contributed by atoms with Crippen molar-refractivity contribution in [3.05, 3.63) is 218 Å². The first-order valence-electron chi connectivity index (χ1n) is 22.9. The number of benzene rings is 9. The number of para-hydroxylation sites is 2. The highest BCUT2D eigenvalue weighted by atomic mass is 16.3. The van der Waals surface area contributed by atoms with Gasteiger partial charge in [-0.2, -0.15) is 0 Å². The molecule has 12 rings (SSSR count). The van der Waals surface area contributed by atoms with Crippen molar-refractivity contribution in [2.24, 2.45) is 0 Å². The van der Waals surface area contributed by atoms with Crippen molar-refractivity contribution in [2.45, 2.75) is 0 Å². The molecule has 0 unspecified atom stereocenters. The van der Waals surface area contributed by atoms with Gasteiger partial charge in [0.05, 0.1) is 23.5 Å². The molecule has 290 valence electrons. The molecule has 0 bridgehead atoms. The van der Waals surface area contributed by atoms with E-state index in [0.29, 0.717) is 22.3 Å². The molecule has 5 heteroatoms. The van der Waals surface area contributed by atoms with E-state index in [9.17, 15) is 0 Å². The summed E-state index contributed by atoms with van der Waals surface area (Å²) in [6.07, 6.45) is 0. The fourth-order valence-electron chi connectivity index (χ4n) is 8.69. The fraction of sp³-hybridized carbons (Fsp3) is 0. The van der Waals surface area contributed by atoms with Gasteiger partial charge in [0, 0.05) is 38.4 Å². The van der Waals surface area contributed by atoms with E-state index in [1.165, 1.54) is 0 Å². The van der Waals surface area contributed by atoms with E-state index in [4.69, 9.17) is 26.2 Å². The van der Waals surface area contributed by atoms with Crippen LogP contribution in [0, 0.1) is 0 Å². The minimum absolute atomic E-state index is 0.0610. The smallest absolute Gasteiger partial charge is 0.167 e. The maximum absolute atomic E-state index is 9.01. The Hall–Kier alpha value is -8.41. The van der Waals surface area contributed by atoms with Crippen molar-refractivity contribution in [1.29, 1.82) is 0 Å². The van der Waals surface area contributed by atoms with Crippen molar-refractivity contribution in [2.75, 3.05) is 0 Å². The highest BCUT2D eigenvalue weighted by Crippen LogP contribution is 2.44. The molecule has 9 aromatic carbocycles. The Labute approximate surface area is 364 Å². The molecule has 0 aliphatic carbocycles. The Kier molecular flexibility index (Phi) is 7.25. The number of furan rings is 1. The SMILES string of the molecule is [2H]c1c([2H])c([2H])c(-c2nc(-c3ccc(-c4ccccc4)cc3)nc(-c3cc(-n4c5ccccc5c5ccccc54)cc4c3oc3cccc(-c5cccc(-c6ccccc6)c5)c34)n2)c([2H])c1[2H]. The standard InChI is InChI=1S/C57H36N4O/c1-4-16-37(17-5-1)39-30-32-41(33-31-39)56-58-55(40-20-8-3-9-21-40)59-57(60-56)49-36-44(61-50-27-12-10-24-46(50)47-25-11-13-28-51(47)61)35-48-53-45(26-15-29-52(53)62-54(48)49)43-23-14-22-42(34-43)38-18-6-2-7-19-38/h1-36H/i3D,8D,9D,20D,21D. The zero-order chi connectivity index (χ0) is 45.3. The van der Waals surface area contributed by atoms with Gasteiger partial charge in [0.15, 0.2) is 17.5 Å². The van der Waals surface area contributed by atoms with E-state index in [1.54, 1.807) is 0 Å². The number of rotatable bonds is 7. The Bertz CT molecular complexity index is 3840. The van der Waals surface area contributed by atoms with Gasteiger partial charge in [-0.3, -0.25) is 0 Å². The molecule has 62 heavy (non-hydrogen) atoms. The van der Waals surface area contributed by atoms with Gasteiger partial charge in [-0.25, -0.2) is 15.0 Å². The van der Waals surface area contributed by atoms with E-state index >= 15 is 0 Å². The summed E-state index contributed by atoms with van der Waals surface area (Å²) < 4.78 is 52.8. The van der Waals surface area contributed by atoms with Gasteiger partial charge in [-0.05, 0) is 69.8 Å². The van der Waals surface area contributed by atoms with Crippen molar-refractivity contribution in [1.82, 2.24) is 19.5 Å². The molecule has 0 atom stereocenters. The highest BCUT2D eigenvalue weighted by molar-refractivity contribution is 6.17. The van der Waals surface area contributed by atoms with Crippen molar-refractivity contribution in [3.8, 4) is 73.2 Å². The lowest BCUT2D eigenvalue weighted by Crippen LogP contribution is -2.01. The van der Waals surface area contributed by atoms with Gasteiger partial charge in [0.2, 0.25) is 0 Å². The van der Waals surface area contributed by atoms with Gasteiger partial charge < -0.3 is 8.98 Å². The van der Waals surface area contributed by atoms with Crippen LogP contribution in [0.5, 0.6) is 0 Å². The number of aromatic nitrogens is 4. The first-order chi connectivity index (χ1) is 32.8. The van der Waals surface area contributed by atoms with E-state index in [1.807, 2.05) is 115 Å². The molecule has 0 radical (unpaired) electrons. The molecule has 3 aromatic heterocycles. The van der Waals surface area contributed by atoms with Gasteiger partial charge in [-0.15, -0.1) is 0 Å². The molecule has 0 spiro atoms. The van der Waals surface area contributed by atoms with E-state index in [0.717, 1.165) is 71.6 Å². The maximum Gasteiger partial charge on any atom is 0.167 e. The number of fused-ring (bicyclic) bond motifs is 6. The quantitative estimate of drug-likeness (QED) is 0.161. The Balaban J connectivity index is 1.17. The van der Waals surface area contributed by atoms with Crippen LogP contribution in [-0.4, -0.2) is 19.5 Å². The van der Waals surface area contributed by atoms with Crippen LogP contribution in [0.15, 0.2) is 223 Å². The minimum atomic E-state index is -0.502. The summed E-state index contributed by atoms with van der Waals surface area (Å²) in [4.78, 5) is 15.1. The number of nitrogens with zero attached hydrogens (tertiary/aromatic N) is 4. The van der Waals surface area contributed by atoms with Crippen LogP contribution in [0.25, 0.3) is 117 Å². The lowest BCUT2D eigenvalue weighted by Gasteiger charge is -2.13. The molecule has 5 nitrogen and oxygen atoms in total. The lowest BCUT2D eigenvalue weighted by atomic mass is 9.95. The molecule has 0 amide bonds. The fourth-order valence-corrected chi connectivity index (χ4v) is 8.69. The van der Waals surface area contributed by atoms with Gasteiger partial charge in [0.25, 0.3) is 0 Å². The molecule has 0 saturated heterocycles. The summed E-state index contributed by atoms with van der Waals surface area (Å²) in [5.41, 5.74) is 11.3. The van der Waals surface area contributed by atoms with Crippen LogP contribution in [-0.2, 0) is 0 Å². The summed E-state index contributed by atoms with van der Waals surface area (Å²) in [6.45, 7) is 0. The third-order valence-corrected chi connectivity index (χ3v) is 11.6. The molecule has 3 heterocycles. The second kappa shape index (κ2) is 14.7. The Morgan fingerprint density at radius 1 is 0.387 bits per heavy atom. The highest BCUT2D eigenvalue weighted by Gasteiger charge is 2.23. The summed E-state index contributed by atoms with van der Waals surface area (Å²) in [7, 11) is 0. The summed E-state index contributed by atoms with van der Waals surface area (Å²) in [6, 6.07) is 61.3. The second-order valence-corrected chi connectivity index (χ2v) is 15.2. The largest absolute Gasteiger partial charge is 0.455 e. The summed E-state index contributed by atoms with van der Waals surface area (Å²) >= 11 is 0. The minimum Gasteiger partial charge on any atom is -0.455 e. The van der Waals surface area contributed by atoms with Crippen LogP contribution in [0.3, 0.4) is 0 Å². The van der Waals surface area contributed by atoms with Crippen molar-refractivity contribution in [3.63, 3.8) is 0 Å². The van der Waals surface area contributed by atoms with Gasteiger partial charge >= 0.3 is 0 Å². The van der Waals surface area contributed by atoms with E-state index in [2.05, 4.69) is 77.4 Å². The lowest BCUT2D eigenvalue weighted by molar-refractivity contribution is 0.669. The number of hydrogen-bond donors (Lipinski definition) is 0. The first-order valence-corrected chi connectivity index (χ1v) is 20.4. The van der Waals surface area contributed by atoms with Crippen LogP contribution in [0.1, 0.15) is 6.85 Å².